The van der Waals surface area contributed by atoms with Gasteiger partial charge >= 0.3 is 5.97 Å². The van der Waals surface area contributed by atoms with Crippen molar-refractivity contribution in [2.24, 2.45) is 0 Å². The van der Waals surface area contributed by atoms with Gasteiger partial charge in [0, 0.05) is 6.54 Å². The molecule has 0 aliphatic carbocycles. The number of aromatic nitrogens is 2. The van der Waals surface area contributed by atoms with Gasteiger partial charge in [-0.3, -0.25) is 9.48 Å². The molecule has 1 aromatic rings. The molecular weight excluding hydrogens is 190 g/mol. The number of aromatic carboxylic acids is 1. The fourth-order valence-corrected chi connectivity index (χ4v) is 1.34. The number of carbonyl (C=O) groups is 2. The Balaban J connectivity index is 2.60. The van der Waals surface area contributed by atoms with E-state index in [1.807, 2.05) is 0 Å². The van der Waals surface area contributed by atoms with Crippen molar-refractivity contribution >= 4 is 11.9 Å². The zero-order valence-corrected chi connectivity index (χ0v) is 7.02. The molecule has 1 amide bonds. The molecule has 14 heavy (non-hydrogen) atoms. The standard InChI is InChI=1S/C7H7N3O4/c11-5-3(7(13)14)9-10-2-1-8-6(12)4(5)10/h11H,1-2H2,(H,8,12)(H,13,14). The molecule has 3 N–H and O–H groups in total. The van der Waals surface area contributed by atoms with E-state index < -0.39 is 23.3 Å². The van der Waals surface area contributed by atoms with Crippen molar-refractivity contribution in [3.63, 3.8) is 0 Å². The number of carboxylic acids is 1. The van der Waals surface area contributed by atoms with E-state index in [4.69, 9.17) is 5.11 Å². The number of amides is 1. The lowest BCUT2D eigenvalue weighted by atomic mass is 10.2. The molecule has 0 aromatic carbocycles. The number of carboxylic acid groups (broad SMARTS) is 1. The lowest BCUT2D eigenvalue weighted by Crippen LogP contribution is -2.35. The Kier molecular flexibility index (Phi) is 1.66. The monoisotopic (exact) mass is 197 g/mol. The van der Waals surface area contributed by atoms with Crippen LogP contribution in [0.5, 0.6) is 5.75 Å². The first-order chi connectivity index (χ1) is 6.61. The predicted octanol–water partition coefficient (Wildman–Crippen LogP) is -0.970. The van der Waals surface area contributed by atoms with Crippen LogP contribution < -0.4 is 5.32 Å². The van der Waals surface area contributed by atoms with Crippen LogP contribution in [0.15, 0.2) is 0 Å². The lowest BCUT2D eigenvalue weighted by molar-refractivity contribution is 0.0686. The fourth-order valence-electron chi connectivity index (χ4n) is 1.34. The molecular formula is C7H7N3O4. The Labute approximate surface area is 78.0 Å². The van der Waals surface area contributed by atoms with Gasteiger partial charge in [0.2, 0.25) is 5.69 Å². The zero-order valence-electron chi connectivity index (χ0n) is 7.02. The molecule has 0 bridgehead atoms. The van der Waals surface area contributed by atoms with Crippen LogP contribution in [0, 0.1) is 0 Å². The number of hydrogen-bond donors (Lipinski definition) is 3. The van der Waals surface area contributed by atoms with E-state index in [1.54, 1.807) is 0 Å². The molecule has 0 saturated heterocycles. The maximum atomic E-state index is 11.2. The summed E-state index contributed by atoms with van der Waals surface area (Å²) in [6, 6.07) is 0. The van der Waals surface area contributed by atoms with E-state index in [-0.39, 0.29) is 5.69 Å². The number of hydrogen-bond acceptors (Lipinski definition) is 4. The molecule has 2 rings (SSSR count). The van der Waals surface area contributed by atoms with Crippen molar-refractivity contribution in [1.82, 2.24) is 15.1 Å². The van der Waals surface area contributed by atoms with Gasteiger partial charge in [-0.1, -0.05) is 0 Å². The second kappa shape index (κ2) is 2.72. The first kappa shape index (κ1) is 8.54. The number of aromatic hydroxyl groups is 1. The zero-order chi connectivity index (χ0) is 10.3. The largest absolute Gasteiger partial charge is 0.503 e. The number of fused-ring (bicyclic) bond motifs is 1. The van der Waals surface area contributed by atoms with E-state index in [2.05, 4.69) is 10.4 Å². The number of carbonyl (C=O) groups excluding carboxylic acids is 1. The maximum Gasteiger partial charge on any atom is 0.360 e. The van der Waals surface area contributed by atoms with Crippen molar-refractivity contribution in [1.29, 1.82) is 0 Å². The van der Waals surface area contributed by atoms with Crippen molar-refractivity contribution in [2.75, 3.05) is 6.54 Å². The molecule has 0 saturated carbocycles. The minimum absolute atomic E-state index is 0.0892. The molecule has 0 atom stereocenters. The molecule has 2 heterocycles. The summed E-state index contributed by atoms with van der Waals surface area (Å²) >= 11 is 0. The van der Waals surface area contributed by atoms with Gasteiger partial charge in [-0.15, -0.1) is 0 Å². The Bertz CT molecular complexity index is 423. The van der Waals surface area contributed by atoms with Crippen LogP contribution in [0.1, 0.15) is 21.0 Å². The number of rotatable bonds is 1. The maximum absolute atomic E-state index is 11.2. The second-order valence-electron chi connectivity index (χ2n) is 2.83. The molecule has 74 valence electrons. The Morgan fingerprint density at radius 2 is 2.29 bits per heavy atom. The molecule has 1 aliphatic heterocycles. The van der Waals surface area contributed by atoms with Crippen LogP contribution in [-0.4, -0.2) is 38.4 Å². The average Bonchev–Trinajstić information content (AvgIpc) is 2.45. The Hall–Kier alpha value is -2.05. The first-order valence-corrected chi connectivity index (χ1v) is 3.92. The lowest BCUT2D eigenvalue weighted by Gasteiger charge is -2.13. The summed E-state index contributed by atoms with van der Waals surface area (Å²) in [7, 11) is 0. The predicted molar refractivity (Wildman–Crippen MR) is 43.2 cm³/mol. The second-order valence-corrected chi connectivity index (χ2v) is 2.83. The minimum Gasteiger partial charge on any atom is -0.503 e. The number of nitrogens with one attached hydrogen (secondary N) is 1. The summed E-state index contributed by atoms with van der Waals surface area (Å²) in [5.41, 5.74) is -0.578. The summed E-state index contributed by atoms with van der Waals surface area (Å²) in [4.78, 5) is 21.8. The third kappa shape index (κ3) is 1.02. The molecule has 1 aromatic heterocycles. The quantitative estimate of drug-likeness (QED) is 0.537. The van der Waals surface area contributed by atoms with Crippen molar-refractivity contribution in [2.45, 2.75) is 6.54 Å². The molecule has 0 unspecified atom stereocenters. The Morgan fingerprint density at radius 3 is 2.86 bits per heavy atom. The molecule has 0 fully saturated rings. The van der Waals surface area contributed by atoms with Gasteiger partial charge in [-0.05, 0) is 0 Å². The summed E-state index contributed by atoms with van der Waals surface area (Å²) < 4.78 is 1.19. The van der Waals surface area contributed by atoms with Crippen LogP contribution in [0.2, 0.25) is 0 Å². The van der Waals surface area contributed by atoms with E-state index in [0.29, 0.717) is 13.1 Å². The molecule has 0 spiro atoms. The van der Waals surface area contributed by atoms with Crippen LogP contribution >= 0.6 is 0 Å². The third-order valence-electron chi connectivity index (χ3n) is 1.95. The van der Waals surface area contributed by atoms with Crippen LogP contribution in [0.3, 0.4) is 0 Å². The summed E-state index contributed by atoms with van der Waals surface area (Å²) in [5.74, 6) is -2.43. The number of nitrogens with zero attached hydrogens (tertiary/aromatic N) is 2. The van der Waals surface area contributed by atoms with Gasteiger partial charge in [-0.2, -0.15) is 5.10 Å². The van der Waals surface area contributed by atoms with Crippen molar-refractivity contribution in [3.8, 4) is 5.75 Å². The van der Waals surface area contributed by atoms with Crippen LogP contribution in [0.4, 0.5) is 0 Å². The van der Waals surface area contributed by atoms with Gasteiger partial charge in [0.25, 0.3) is 5.91 Å². The van der Waals surface area contributed by atoms with E-state index >= 15 is 0 Å². The SMILES string of the molecule is O=C(O)c1nn2c(c1O)C(=O)NCC2. The molecule has 7 nitrogen and oxygen atoms in total. The fraction of sp³-hybridized carbons (Fsp3) is 0.286. The average molecular weight is 197 g/mol. The smallest absolute Gasteiger partial charge is 0.360 e. The van der Waals surface area contributed by atoms with Gasteiger partial charge < -0.3 is 15.5 Å². The van der Waals surface area contributed by atoms with Crippen molar-refractivity contribution in [3.05, 3.63) is 11.4 Å². The van der Waals surface area contributed by atoms with Gasteiger partial charge in [0.15, 0.2) is 11.4 Å². The van der Waals surface area contributed by atoms with E-state index in [0.717, 1.165) is 0 Å². The summed E-state index contributed by atoms with van der Waals surface area (Å²) in [5, 5.41) is 24.1. The van der Waals surface area contributed by atoms with Gasteiger partial charge in [-0.25, -0.2) is 4.79 Å². The highest BCUT2D eigenvalue weighted by atomic mass is 16.4. The molecule has 7 heteroatoms. The van der Waals surface area contributed by atoms with E-state index in [9.17, 15) is 14.7 Å². The normalized spacial score (nSPS) is 14.7. The first-order valence-electron chi connectivity index (χ1n) is 3.92. The summed E-state index contributed by atoms with van der Waals surface area (Å²) in [6.45, 7) is 0.744. The minimum atomic E-state index is -1.35. The molecule has 1 aliphatic rings. The van der Waals surface area contributed by atoms with Gasteiger partial charge in [0.1, 0.15) is 0 Å². The third-order valence-corrected chi connectivity index (χ3v) is 1.95. The highest BCUT2D eigenvalue weighted by Crippen LogP contribution is 2.23. The molecule has 0 radical (unpaired) electrons. The topological polar surface area (TPSA) is 104 Å². The van der Waals surface area contributed by atoms with Crippen LogP contribution in [0.25, 0.3) is 0 Å². The summed E-state index contributed by atoms with van der Waals surface area (Å²) in [6.07, 6.45) is 0. The highest BCUT2D eigenvalue weighted by molar-refractivity contribution is 6.00. The van der Waals surface area contributed by atoms with Crippen molar-refractivity contribution < 1.29 is 19.8 Å². The van der Waals surface area contributed by atoms with Gasteiger partial charge in [0.05, 0.1) is 6.54 Å². The highest BCUT2D eigenvalue weighted by Gasteiger charge is 2.28. The van der Waals surface area contributed by atoms with Crippen LogP contribution in [-0.2, 0) is 6.54 Å². The van der Waals surface area contributed by atoms with E-state index in [1.165, 1.54) is 4.68 Å². The Morgan fingerprint density at radius 1 is 1.57 bits per heavy atom.